The Balaban J connectivity index is 1.89. The molecule has 0 bridgehead atoms. The molecule has 0 spiro atoms. The highest BCUT2D eigenvalue weighted by Crippen LogP contribution is 2.26. The number of nitrogens with one attached hydrogen (secondary N) is 1. The van der Waals surface area contributed by atoms with E-state index in [4.69, 9.17) is 5.73 Å². The number of carbonyl (C=O) groups is 1. The first-order chi connectivity index (χ1) is 11.6. The van der Waals surface area contributed by atoms with Gasteiger partial charge in [-0.2, -0.15) is 0 Å². The molecule has 6 heteroatoms. The quantitative estimate of drug-likeness (QED) is 0.771. The molecule has 2 aromatic heterocycles. The normalized spacial score (nSPS) is 10.4. The number of hydrogen-bond donors (Lipinski definition) is 2. The van der Waals surface area contributed by atoms with Gasteiger partial charge in [-0.1, -0.05) is 6.07 Å². The number of nitrogens with zero attached hydrogens (tertiary/aromatic N) is 3. The lowest BCUT2D eigenvalue weighted by Crippen LogP contribution is -2.13. The Bertz CT molecular complexity index is 876. The zero-order chi connectivity index (χ0) is 17.1. The summed E-state index contributed by atoms with van der Waals surface area (Å²) in [6.45, 7) is 3.82. The van der Waals surface area contributed by atoms with Crippen molar-refractivity contribution < 1.29 is 4.79 Å². The molecule has 0 unspecified atom stereocenters. The summed E-state index contributed by atoms with van der Waals surface area (Å²) in [5, 5.41) is 3.14. The van der Waals surface area contributed by atoms with Crippen molar-refractivity contribution in [3.05, 3.63) is 65.7 Å². The summed E-state index contributed by atoms with van der Waals surface area (Å²) in [7, 11) is 0. The highest BCUT2D eigenvalue weighted by atomic mass is 16.1. The van der Waals surface area contributed by atoms with Gasteiger partial charge in [0.2, 0.25) is 5.91 Å². The van der Waals surface area contributed by atoms with E-state index in [-0.39, 0.29) is 0 Å². The molecule has 0 fully saturated rings. The molecular weight excluding hydrogens is 302 g/mol. The molecule has 3 rings (SSSR count). The van der Waals surface area contributed by atoms with Crippen molar-refractivity contribution in [2.75, 3.05) is 5.32 Å². The zero-order valence-corrected chi connectivity index (χ0v) is 13.4. The summed E-state index contributed by atoms with van der Waals surface area (Å²) < 4.78 is 0. The molecule has 0 saturated heterocycles. The monoisotopic (exact) mass is 319 g/mol. The first-order valence-electron chi connectivity index (χ1n) is 7.45. The van der Waals surface area contributed by atoms with Gasteiger partial charge in [0.1, 0.15) is 5.82 Å². The number of aromatic nitrogens is 3. The highest BCUT2D eigenvalue weighted by molar-refractivity contribution is 5.95. The van der Waals surface area contributed by atoms with E-state index in [1.165, 1.54) is 0 Å². The molecule has 1 amide bonds. The average molecular weight is 319 g/mol. The number of nitrogens with two attached hydrogens (primary N) is 1. The van der Waals surface area contributed by atoms with Crippen LogP contribution in [0.25, 0.3) is 11.3 Å². The minimum atomic E-state index is -0.427. The molecule has 0 aliphatic heterocycles. The van der Waals surface area contributed by atoms with Crippen LogP contribution in [0.3, 0.4) is 0 Å². The second-order valence-electron chi connectivity index (χ2n) is 5.43. The zero-order valence-electron chi connectivity index (χ0n) is 13.4. The number of amides is 1. The second kappa shape index (κ2) is 6.45. The van der Waals surface area contributed by atoms with Crippen molar-refractivity contribution in [3.8, 4) is 11.3 Å². The standard InChI is InChI=1S/C18H17N5O/c1-11-12(2)15(18(19)24)6-5-14(11)16-9-22-17(10-21-16)23-13-4-3-7-20-8-13/h3-10H,1-2H3,(H2,19,24)(H,22,23). The van der Waals surface area contributed by atoms with E-state index in [0.29, 0.717) is 11.4 Å². The van der Waals surface area contributed by atoms with Gasteiger partial charge < -0.3 is 11.1 Å². The van der Waals surface area contributed by atoms with Gasteiger partial charge in [0.05, 0.1) is 30.0 Å². The maximum Gasteiger partial charge on any atom is 0.248 e. The number of hydrogen-bond acceptors (Lipinski definition) is 5. The van der Waals surface area contributed by atoms with Gasteiger partial charge in [-0.05, 0) is 43.2 Å². The van der Waals surface area contributed by atoms with Crippen LogP contribution in [0.4, 0.5) is 11.5 Å². The number of anilines is 2. The third-order valence-electron chi connectivity index (χ3n) is 3.91. The topological polar surface area (TPSA) is 93.8 Å². The van der Waals surface area contributed by atoms with Crippen LogP contribution in [0.2, 0.25) is 0 Å². The molecule has 120 valence electrons. The smallest absolute Gasteiger partial charge is 0.248 e. The Morgan fingerprint density at radius 3 is 2.50 bits per heavy atom. The molecule has 3 aromatic rings. The predicted octanol–water partition coefficient (Wildman–Crippen LogP) is 3.00. The van der Waals surface area contributed by atoms with Crippen LogP contribution in [-0.4, -0.2) is 20.9 Å². The van der Waals surface area contributed by atoms with Crippen LogP contribution in [0, 0.1) is 13.8 Å². The Labute approximate surface area is 139 Å². The summed E-state index contributed by atoms with van der Waals surface area (Å²) in [6.07, 6.45) is 6.79. The minimum absolute atomic E-state index is 0.427. The fraction of sp³-hybridized carbons (Fsp3) is 0.111. The van der Waals surface area contributed by atoms with Crippen LogP contribution in [0.5, 0.6) is 0 Å². The Morgan fingerprint density at radius 1 is 1.04 bits per heavy atom. The van der Waals surface area contributed by atoms with Crippen molar-refractivity contribution in [3.63, 3.8) is 0 Å². The van der Waals surface area contributed by atoms with E-state index in [0.717, 1.165) is 28.1 Å². The van der Waals surface area contributed by atoms with Crippen LogP contribution in [-0.2, 0) is 0 Å². The first-order valence-corrected chi connectivity index (χ1v) is 7.45. The second-order valence-corrected chi connectivity index (χ2v) is 5.43. The van der Waals surface area contributed by atoms with Crippen molar-refractivity contribution in [1.82, 2.24) is 15.0 Å². The first kappa shape index (κ1) is 15.6. The lowest BCUT2D eigenvalue weighted by Gasteiger charge is -2.11. The van der Waals surface area contributed by atoms with E-state index < -0.39 is 5.91 Å². The lowest BCUT2D eigenvalue weighted by molar-refractivity contribution is 0.0999. The van der Waals surface area contributed by atoms with Crippen molar-refractivity contribution in [2.24, 2.45) is 5.73 Å². The third kappa shape index (κ3) is 3.08. The van der Waals surface area contributed by atoms with E-state index in [1.807, 2.05) is 32.0 Å². The molecule has 3 N–H and O–H groups in total. The fourth-order valence-corrected chi connectivity index (χ4v) is 2.48. The fourth-order valence-electron chi connectivity index (χ4n) is 2.48. The average Bonchev–Trinajstić information content (AvgIpc) is 2.59. The van der Waals surface area contributed by atoms with Gasteiger partial charge >= 0.3 is 0 Å². The van der Waals surface area contributed by atoms with Crippen LogP contribution >= 0.6 is 0 Å². The Kier molecular flexibility index (Phi) is 4.20. The lowest BCUT2D eigenvalue weighted by atomic mass is 9.96. The van der Waals surface area contributed by atoms with Gasteiger partial charge in [0.25, 0.3) is 0 Å². The molecule has 1 aromatic carbocycles. The van der Waals surface area contributed by atoms with Gasteiger partial charge in [0.15, 0.2) is 0 Å². The Morgan fingerprint density at radius 2 is 1.88 bits per heavy atom. The molecule has 0 saturated carbocycles. The van der Waals surface area contributed by atoms with Gasteiger partial charge in [-0.25, -0.2) is 4.98 Å². The van der Waals surface area contributed by atoms with Crippen LogP contribution < -0.4 is 11.1 Å². The molecule has 6 nitrogen and oxygen atoms in total. The van der Waals surface area contributed by atoms with Gasteiger partial charge in [0, 0.05) is 17.3 Å². The molecule has 0 aliphatic rings. The Hall–Kier alpha value is -3.28. The third-order valence-corrected chi connectivity index (χ3v) is 3.91. The SMILES string of the molecule is Cc1c(C(N)=O)ccc(-c2cnc(Nc3cccnc3)cn2)c1C. The molecule has 0 aliphatic carbocycles. The molecule has 0 radical (unpaired) electrons. The van der Waals surface area contributed by atoms with E-state index in [9.17, 15) is 4.79 Å². The highest BCUT2D eigenvalue weighted by Gasteiger charge is 2.12. The summed E-state index contributed by atoms with van der Waals surface area (Å²) in [6, 6.07) is 7.32. The number of primary amides is 1. The largest absolute Gasteiger partial charge is 0.366 e. The maximum absolute atomic E-state index is 11.4. The molecular formula is C18H17N5O. The molecule has 2 heterocycles. The summed E-state index contributed by atoms with van der Waals surface area (Å²) in [5.41, 5.74) is 10.3. The van der Waals surface area contributed by atoms with Crippen molar-refractivity contribution in [1.29, 1.82) is 0 Å². The number of carbonyl (C=O) groups excluding carboxylic acids is 1. The van der Waals surface area contributed by atoms with Crippen molar-refractivity contribution in [2.45, 2.75) is 13.8 Å². The van der Waals surface area contributed by atoms with Crippen molar-refractivity contribution >= 4 is 17.4 Å². The van der Waals surface area contributed by atoms with E-state index in [1.54, 1.807) is 30.9 Å². The number of pyridine rings is 1. The molecule has 24 heavy (non-hydrogen) atoms. The predicted molar refractivity (Wildman–Crippen MR) is 93.0 cm³/mol. The van der Waals surface area contributed by atoms with E-state index in [2.05, 4.69) is 20.3 Å². The number of rotatable bonds is 4. The van der Waals surface area contributed by atoms with Gasteiger partial charge in [-0.3, -0.25) is 14.8 Å². The van der Waals surface area contributed by atoms with E-state index >= 15 is 0 Å². The van der Waals surface area contributed by atoms with Gasteiger partial charge in [-0.15, -0.1) is 0 Å². The summed E-state index contributed by atoms with van der Waals surface area (Å²) in [5.74, 6) is 0.208. The maximum atomic E-state index is 11.4. The van der Waals surface area contributed by atoms with Crippen LogP contribution in [0.1, 0.15) is 21.5 Å². The molecule has 0 atom stereocenters. The van der Waals surface area contributed by atoms with Crippen LogP contribution in [0.15, 0.2) is 49.1 Å². The number of benzene rings is 1. The minimum Gasteiger partial charge on any atom is -0.366 e. The summed E-state index contributed by atoms with van der Waals surface area (Å²) in [4.78, 5) is 24.3. The summed E-state index contributed by atoms with van der Waals surface area (Å²) >= 11 is 0.